The second-order valence-corrected chi connectivity index (χ2v) is 8.98. The van der Waals surface area contributed by atoms with E-state index in [0.29, 0.717) is 6.54 Å². The maximum Gasteiger partial charge on any atom is 0.225 e. The highest BCUT2D eigenvalue weighted by atomic mass is 16.2. The summed E-state index contributed by atoms with van der Waals surface area (Å²) in [5, 5.41) is 11.9. The highest BCUT2D eigenvalue weighted by molar-refractivity contribution is 5.79. The molecular weight excluding hydrogens is 390 g/mol. The molecule has 1 fully saturated rings. The first-order chi connectivity index (χ1) is 15.0. The van der Waals surface area contributed by atoms with Crippen molar-refractivity contribution >= 4 is 11.8 Å². The normalized spacial score (nSPS) is 19.9. The summed E-state index contributed by atoms with van der Waals surface area (Å²) in [6.07, 6.45) is 6.86. The van der Waals surface area contributed by atoms with Crippen LogP contribution < -0.4 is 5.32 Å². The molecule has 2 aromatic rings. The first kappa shape index (κ1) is 21.5. The molecule has 1 N–H and O–H groups in total. The maximum atomic E-state index is 13.2. The van der Waals surface area contributed by atoms with Crippen LogP contribution in [0.1, 0.15) is 80.2 Å². The number of nitrogens with one attached hydrogen (secondary N) is 1. The average molecular weight is 424 g/mol. The molecule has 0 bridgehead atoms. The van der Waals surface area contributed by atoms with Crippen molar-refractivity contribution in [3.63, 3.8) is 0 Å². The van der Waals surface area contributed by atoms with Crippen LogP contribution in [-0.2, 0) is 22.6 Å². The van der Waals surface area contributed by atoms with Gasteiger partial charge in [-0.05, 0) is 38.2 Å². The predicted molar refractivity (Wildman–Crippen MR) is 118 cm³/mol. The molecule has 7 nitrogen and oxygen atoms in total. The number of aromatic nitrogens is 3. The number of aryl methyl sites for hydroxylation is 2. The molecule has 2 aliphatic heterocycles. The largest absolute Gasteiger partial charge is 0.349 e. The van der Waals surface area contributed by atoms with Crippen molar-refractivity contribution in [2.75, 3.05) is 13.1 Å². The number of piperidine rings is 1. The van der Waals surface area contributed by atoms with Crippen molar-refractivity contribution < 1.29 is 9.59 Å². The molecule has 0 saturated carbocycles. The van der Waals surface area contributed by atoms with E-state index in [2.05, 4.69) is 20.1 Å². The number of carbonyl (C=O) groups is 2. The minimum atomic E-state index is -0.310. The Hall–Kier alpha value is -2.70. The summed E-state index contributed by atoms with van der Waals surface area (Å²) >= 11 is 0. The van der Waals surface area contributed by atoms with Crippen molar-refractivity contribution in [1.29, 1.82) is 0 Å². The number of rotatable bonds is 5. The van der Waals surface area contributed by atoms with E-state index in [1.54, 1.807) is 0 Å². The van der Waals surface area contributed by atoms with Gasteiger partial charge in [-0.15, -0.1) is 10.2 Å². The van der Waals surface area contributed by atoms with Gasteiger partial charge in [0.15, 0.2) is 0 Å². The SMILES string of the molecule is CC(=O)N[C@@H](CC(=O)N1CCC[C@@H](c2nnc3n2CCCCC3)C1)c1ccc(C)cc1. The lowest BCUT2D eigenvalue weighted by atomic mass is 9.95. The number of benzene rings is 1. The fourth-order valence-corrected chi connectivity index (χ4v) is 4.82. The van der Waals surface area contributed by atoms with Crippen LogP contribution in [0, 0.1) is 6.92 Å². The monoisotopic (exact) mass is 423 g/mol. The van der Waals surface area contributed by atoms with E-state index in [9.17, 15) is 9.59 Å². The number of fused-ring (bicyclic) bond motifs is 1. The lowest BCUT2D eigenvalue weighted by Gasteiger charge is -2.33. The van der Waals surface area contributed by atoms with Crippen molar-refractivity contribution in [3.05, 3.63) is 47.0 Å². The molecule has 31 heavy (non-hydrogen) atoms. The Morgan fingerprint density at radius 3 is 2.68 bits per heavy atom. The van der Waals surface area contributed by atoms with Gasteiger partial charge in [0.05, 0.1) is 12.5 Å². The van der Waals surface area contributed by atoms with Crippen LogP contribution in [0.15, 0.2) is 24.3 Å². The second-order valence-electron chi connectivity index (χ2n) is 8.98. The van der Waals surface area contributed by atoms with Crippen LogP contribution in [0.2, 0.25) is 0 Å². The fraction of sp³-hybridized carbons (Fsp3) is 0.583. The van der Waals surface area contributed by atoms with Crippen molar-refractivity contribution in [2.45, 2.75) is 77.3 Å². The highest BCUT2D eigenvalue weighted by Crippen LogP contribution is 2.29. The molecule has 1 aromatic heterocycles. The van der Waals surface area contributed by atoms with Gasteiger partial charge < -0.3 is 14.8 Å². The van der Waals surface area contributed by atoms with Gasteiger partial charge in [0.25, 0.3) is 0 Å². The summed E-state index contributed by atoms with van der Waals surface area (Å²) in [4.78, 5) is 26.9. The van der Waals surface area contributed by atoms with E-state index in [-0.39, 0.29) is 30.2 Å². The number of amides is 2. The molecule has 0 unspecified atom stereocenters. The Kier molecular flexibility index (Phi) is 6.68. The number of carbonyl (C=O) groups excluding carboxylic acids is 2. The van der Waals surface area contributed by atoms with Crippen molar-refractivity contribution in [2.24, 2.45) is 0 Å². The van der Waals surface area contributed by atoms with Crippen LogP contribution in [0.5, 0.6) is 0 Å². The Morgan fingerprint density at radius 2 is 1.90 bits per heavy atom. The Bertz CT molecular complexity index is 921. The third kappa shape index (κ3) is 5.14. The standard InChI is InChI=1S/C24H33N5O2/c1-17-9-11-19(12-10-17)21(25-18(2)30)15-23(31)28-13-6-7-20(16-28)24-27-26-22-8-4-3-5-14-29(22)24/h9-12,20-21H,3-8,13-16H2,1-2H3,(H,25,30)/t20-,21+/m1/s1. The summed E-state index contributed by atoms with van der Waals surface area (Å²) < 4.78 is 2.30. The molecule has 2 aliphatic rings. The molecule has 0 spiro atoms. The molecule has 166 valence electrons. The number of hydrogen-bond acceptors (Lipinski definition) is 4. The van der Waals surface area contributed by atoms with Gasteiger partial charge in [0, 0.05) is 38.9 Å². The molecule has 7 heteroatoms. The fourth-order valence-electron chi connectivity index (χ4n) is 4.82. The van der Waals surface area contributed by atoms with Gasteiger partial charge in [0.1, 0.15) is 11.6 Å². The number of likely N-dealkylation sites (tertiary alicyclic amines) is 1. The van der Waals surface area contributed by atoms with Gasteiger partial charge in [-0.1, -0.05) is 36.2 Å². The first-order valence-electron chi connectivity index (χ1n) is 11.5. The van der Waals surface area contributed by atoms with Crippen molar-refractivity contribution in [1.82, 2.24) is 25.0 Å². The minimum absolute atomic E-state index is 0.0830. The van der Waals surface area contributed by atoms with Crippen LogP contribution in [0.25, 0.3) is 0 Å². The molecule has 3 heterocycles. The van der Waals surface area contributed by atoms with Gasteiger partial charge in [0.2, 0.25) is 11.8 Å². The highest BCUT2D eigenvalue weighted by Gasteiger charge is 2.30. The van der Waals surface area contributed by atoms with E-state index >= 15 is 0 Å². The summed E-state index contributed by atoms with van der Waals surface area (Å²) in [6, 6.07) is 7.71. The number of nitrogens with zero attached hydrogens (tertiary/aromatic N) is 4. The minimum Gasteiger partial charge on any atom is -0.349 e. The molecule has 2 atom stereocenters. The maximum absolute atomic E-state index is 13.2. The van der Waals surface area contributed by atoms with E-state index < -0.39 is 0 Å². The van der Waals surface area contributed by atoms with E-state index in [4.69, 9.17) is 0 Å². The van der Waals surface area contributed by atoms with E-state index in [1.807, 2.05) is 36.1 Å². The molecule has 1 aromatic carbocycles. The van der Waals surface area contributed by atoms with Crippen molar-refractivity contribution in [3.8, 4) is 0 Å². The Morgan fingerprint density at radius 1 is 1.10 bits per heavy atom. The molecule has 1 saturated heterocycles. The van der Waals surface area contributed by atoms with Crippen LogP contribution >= 0.6 is 0 Å². The molecule has 0 aliphatic carbocycles. The van der Waals surface area contributed by atoms with E-state index in [0.717, 1.165) is 55.1 Å². The summed E-state index contributed by atoms with van der Waals surface area (Å²) in [7, 11) is 0. The lowest BCUT2D eigenvalue weighted by Crippen LogP contribution is -2.41. The summed E-state index contributed by atoms with van der Waals surface area (Å²) in [6.45, 7) is 5.95. The van der Waals surface area contributed by atoms with Gasteiger partial charge in [-0.3, -0.25) is 9.59 Å². The molecule has 0 radical (unpaired) electrons. The topological polar surface area (TPSA) is 80.1 Å². The quantitative estimate of drug-likeness (QED) is 0.800. The Balaban J connectivity index is 1.46. The van der Waals surface area contributed by atoms with Gasteiger partial charge in [-0.2, -0.15) is 0 Å². The molecular formula is C24H33N5O2. The lowest BCUT2D eigenvalue weighted by molar-refractivity contribution is -0.133. The molecule has 2 amide bonds. The van der Waals surface area contributed by atoms with Crippen LogP contribution in [0.3, 0.4) is 0 Å². The first-order valence-corrected chi connectivity index (χ1v) is 11.5. The Labute approximate surface area is 184 Å². The zero-order valence-corrected chi connectivity index (χ0v) is 18.6. The zero-order valence-electron chi connectivity index (χ0n) is 18.6. The summed E-state index contributed by atoms with van der Waals surface area (Å²) in [5.41, 5.74) is 2.12. The van der Waals surface area contributed by atoms with Gasteiger partial charge in [-0.25, -0.2) is 0 Å². The third-order valence-electron chi connectivity index (χ3n) is 6.51. The van der Waals surface area contributed by atoms with Gasteiger partial charge >= 0.3 is 0 Å². The summed E-state index contributed by atoms with van der Waals surface area (Å²) in [5.74, 6) is 2.34. The zero-order chi connectivity index (χ0) is 21.8. The third-order valence-corrected chi connectivity index (χ3v) is 6.51. The smallest absolute Gasteiger partial charge is 0.225 e. The second kappa shape index (κ2) is 9.62. The molecule has 4 rings (SSSR count). The van der Waals surface area contributed by atoms with Crippen LogP contribution in [-0.4, -0.2) is 44.6 Å². The number of hydrogen-bond donors (Lipinski definition) is 1. The van der Waals surface area contributed by atoms with E-state index in [1.165, 1.54) is 26.2 Å². The van der Waals surface area contributed by atoms with Crippen LogP contribution in [0.4, 0.5) is 0 Å². The predicted octanol–water partition coefficient (Wildman–Crippen LogP) is 3.29. The average Bonchev–Trinajstić information content (AvgIpc) is 3.02.